The number of halogens is 1. The second kappa shape index (κ2) is 6.78. The first kappa shape index (κ1) is 16.0. The average Bonchev–Trinajstić information content (AvgIpc) is 3.02. The highest BCUT2D eigenvalue weighted by atomic mass is 35.5. The zero-order chi connectivity index (χ0) is 17.2. The number of anilines is 1. The van der Waals surface area contributed by atoms with Gasteiger partial charge in [0.1, 0.15) is 5.52 Å². The molecule has 0 saturated heterocycles. The van der Waals surface area contributed by atoms with Crippen LogP contribution in [0.4, 0.5) is 5.69 Å². The van der Waals surface area contributed by atoms with Gasteiger partial charge in [0, 0.05) is 16.1 Å². The minimum absolute atomic E-state index is 0.110. The maximum atomic E-state index is 12.3. The summed E-state index contributed by atoms with van der Waals surface area (Å²) in [7, 11) is 0. The number of nitrogens with zero attached hydrogens (tertiary/aromatic N) is 1. The van der Waals surface area contributed by atoms with E-state index in [0.29, 0.717) is 21.3 Å². The molecule has 0 radical (unpaired) electrons. The van der Waals surface area contributed by atoms with E-state index in [1.807, 2.05) is 42.5 Å². The monoisotopic (exact) mass is 368 g/mol. The molecule has 1 heterocycles. The average molecular weight is 369 g/mol. The lowest BCUT2D eigenvalue weighted by Gasteiger charge is -2.07. The first-order valence-corrected chi connectivity index (χ1v) is 9.02. The van der Waals surface area contributed by atoms with Crippen molar-refractivity contribution in [3.8, 4) is 0 Å². The zero-order valence-corrected chi connectivity index (χ0v) is 14.6. The van der Waals surface area contributed by atoms with Crippen LogP contribution in [0.15, 0.2) is 70.3 Å². The van der Waals surface area contributed by atoms with E-state index in [1.165, 1.54) is 11.8 Å². The number of benzene rings is 3. The fourth-order valence-electron chi connectivity index (χ4n) is 2.59. The van der Waals surface area contributed by atoms with Crippen LogP contribution >= 0.6 is 23.4 Å². The topological polar surface area (TPSA) is 55.1 Å². The Morgan fingerprint density at radius 1 is 1.12 bits per heavy atom. The summed E-state index contributed by atoms with van der Waals surface area (Å²) < 4.78 is 5.61. The molecule has 4 rings (SSSR count). The van der Waals surface area contributed by atoms with Crippen LogP contribution in [0.3, 0.4) is 0 Å². The minimum atomic E-state index is -0.110. The molecule has 4 nitrogen and oxygen atoms in total. The van der Waals surface area contributed by atoms with Gasteiger partial charge in [-0.2, -0.15) is 0 Å². The van der Waals surface area contributed by atoms with Crippen LogP contribution in [-0.2, 0) is 4.79 Å². The predicted molar refractivity (Wildman–Crippen MR) is 102 cm³/mol. The van der Waals surface area contributed by atoms with Crippen molar-refractivity contribution >= 4 is 56.8 Å². The van der Waals surface area contributed by atoms with Crippen molar-refractivity contribution < 1.29 is 9.21 Å². The molecular weight excluding hydrogens is 356 g/mol. The number of hydrogen-bond acceptors (Lipinski definition) is 4. The van der Waals surface area contributed by atoms with Gasteiger partial charge in [0.25, 0.3) is 5.22 Å². The summed E-state index contributed by atoms with van der Waals surface area (Å²) in [4.78, 5) is 16.6. The van der Waals surface area contributed by atoms with E-state index in [9.17, 15) is 4.79 Å². The Morgan fingerprint density at radius 2 is 1.96 bits per heavy atom. The Kier molecular flexibility index (Phi) is 4.34. The maximum absolute atomic E-state index is 12.3. The van der Waals surface area contributed by atoms with Gasteiger partial charge in [0.15, 0.2) is 5.58 Å². The standard InChI is InChI=1S/C19H13ClN2O2S/c20-13-8-9-17-16(10-13)22-19(24-17)25-11-18(23)21-15-7-3-5-12-4-1-2-6-14(12)15/h1-10H,11H2,(H,21,23). The van der Waals surface area contributed by atoms with E-state index < -0.39 is 0 Å². The van der Waals surface area contributed by atoms with Crippen molar-refractivity contribution in [1.29, 1.82) is 0 Å². The summed E-state index contributed by atoms with van der Waals surface area (Å²) >= 11 is 7.19. The number of oxazole rings is 1. The summed E-state index contributed by atoms with van der Waals surface area (Å²) in [5.74, 6) is 0.102. The second-order valence-corrected chi connectivity index (χ2v) is 6.82. The number of rotatable bonds is 4. The highest BCUT2D eigenvalue weighted by Crippen LogP contribution is 2.26. The lowest BCUT2D eigenvalue weighted by atomic mass is 10.1. The molecular formula is C19H13ClN2O2S. The van der Waals surface area contributed by atoms with E-state index in [1.54, 1.807) is 18.2 Å². The van der Waals surface area contributed by atoms with Crippen LogP contribution < -0.4 is 5.32 Å². The lowest BCUT2D eigenvalue weighted by molar-refractivity contribution is -0.113. The Bertz CT molecular complexity index is 1070. The predicted octanol–water partition coefficient (Wildman–Crippen LogP) is 5.37. The van der Waals surface area contributed by atoms with Gasteiger partial charge in [-0.05, 0) is 29.7 Å². The number of amides is 1. The first-order valence-electron chi connectivity index (χ1n) is 7.65. The molecule has 4 aromatic rings. The largest absolute Gasteiger partial charge is 0.431 e. The van der Waals surface area contributed by atoms with Crippen LogP contribution in [0.2, 0.25) is 5.02 Å². The molecule has 0 atom stereocenters. The second-order valence-electron chi connectivity index (χ2n) is 5.46. The van der Waals surface area contributed by atoms with Gasteiger partial charge in [-0.1, -0.05) is 59.8 Å². The van der Waals surface area contributed by atoms with Crippen LogP contribution in [0.1, 0.15) is 0 Å². The number of nitrogens with one attached hydrogen (secondary N) is 1. The molecule has 0 bridgehead atoms. The van der Waals surface area contributed by atoms with Crippen LogP contribution in [0.25, 0.3) is 21.9 Å². The molecule has 1 aromatic heterocycles. The van der Waals surface area contributed by atoms with Crippen molar-refractivity contribution in [2.45, 2.75) is 5.22 Å². The molecule has 0 aliphatic heterocycles. The molecule has 0 saturated carbocycles. The van der Waals surface area contributed by atoms with E-state index in [0.717, 1.165) is 16.5 Å². The van der Waals surface area contributed by atoms with E-state index in [4.69, 9.17) is 16.0 Å². The van der Waals surface area contributed by atoms with Gasteiger partial charge in [-0.25, -0.2) is 4.98 Å². The Labute approximate surface area is 153 Å². The smallest absolute Gasteiger partial charge is 0.257 e. The van der Waals surface area contributed by atoms with Crippen molar-refractivity contribution in [3.05, 3.63) is 65.7 Å². The number of aromatic nitrogens is 1. The number of carbonyl (C=O) groups is 1. The molecule has 6 heteroatoms. The number of thioether (sulfide) groups is 1. The zero-order valence-electron chi connectivity index (χ0n) is 13.0. The minimum Gasteiger partial charge on any atom is -0.431 e. The quantitative estimate of drug-likeness (QED) is 0.492. The van der Waals surface area contributed by atoms with Crippen molar-refractivity contribution in [1.82, 2.24) is 4.98 Å². The lowest BCUT2D eigenvalue weighted by Crippen LogP contribution is -2.14. The number of carbonyl (C=O) groups excluding carboxylic acids is 1. The van der Waals surface area contributed by atoms with E-state index in [-0.39, 0.29) is 11.7 Å². The van der Waals surface area contributed by atoms with Gasteiger partial charge in [0.2, 0.25) is 5.91 Å². The highest BCUT2D eigenvalue weighted by Gasteiger charge is 2.11. The van der Waals surface area contributed by atoms with Crippen molar-refractivity contribution in [2.24, 2.45) is 0 Å². The van der Waals surface area contributed by atoms with E-state index >= 15 is 0 Å². The molecule has 1 N–H and O–H groups in total. The SMILES string of the molecule is O=C(CSc1nc2cc(Cl)ccc2o1)Nc1cccc2ccccc12. The molecule has 0 aliphatic rings. The van der Waals surface area contributed by atoms with Crippen LogP contribution in [0, 0.1) is 0 Å². The van der Waals surface area contributed by atoms with Crippen LogP contribution in [-0.4, -0.2) is 16.6 Å². The summed E-state index contributed by atoms with van der Waals surface area (Å²) in [5, 5.41) is 6.10. The highest BCUT2D eigenvalue weighted by molar-refractivity contribution is 7.99. The van der Waals surface area contributed by atoms with E-state index in [2.05, 4.69) is 10.3 Å². The summed E-state index contributed by atoms with van der Waals surface area (Å²) in [6.07, 6.45) is 0. The van der Waals surface area contributed by atoms with Gasteiger partial charge in [0.05, 0.1) is 5.75 Å². The first-order chi connectivity index (χ1) is 12.2. The molecule has 3 aromatic carbocycles. The summed E-state index contributed by atoms with van der Waals surface area (Å²) in [6.45, 7) is 0. The molecule has 0 fully saturated rings. The molecule has 1 amide bonds. The van der Waals surface area contributed by atoms with Gasteiger partial charge in [-0.15, -0.1) is 0 Å². The molecule has 0 unspecified atom stereocenters. The normalized spacial score (nSPS) is 11.1. The van der Waals surface area contributed by atoms with Crippen LogP contribution in [0.5, 0.6) is 0 Å². The summed E-state index contributed by atoms with van der Waals surface area (Å²) in [6, 6.07) is 19.0. The van der Waals surface area contributed by atoms with Gasteiger partial charge in [-0.3, -0.25) is 4.79 Å². The number of fused-ring (bicyclic) bond motifs is 2. The van der Waals surface area contributed by atoms with Crippen molar-refractivity contribution in [2.75, 3.05) is 11.1 Å². The van der Waals surface area contributed by atoms with Gasteiger partial charge >= 0.3 is 0 Å². The molecule has 124 valence electrons. The number of hydrogen-bond donors (Lipinski definition) is 1. The maximum Gasteiger partial charge on any atom is 0.257 e. The fourth-order valence-corrected chi connectivity index (χ4v) is 3.39. The molecule has 0 spiro atoms. The third-order valence-electron chi connectivity index (χ3n) is 3.72. The fraction of sp³-hybridized carbons (Fsp3) is 0.0526. The third kappa shape index (κ3) is 3.48. The van der Waals surface area contributed by atoms with Crippen molar-refractivity contribution in [3.63, 3.8) is 0 Å². The Hall–Kier alpha value is -2.50. The van der Waals surface area contributed by atoms with Gasteiger partial charge < -0.3 is 9.73 Å². The third-order valence-corrected chi connectivity index (χ3v) is 4.78. The summed E-state index contributed by atoms with van der Waals surface area (Å²) in [5.41, 5.74) is 2.14. The molecule has 0 aliphatic carbocycles. The Morgan fingerprint density at radius 3 is 2.88 bits per heavy atom. The molecule has 25 heavy (non-hydrogen) atoms. The Balaban J connectivity index is 1.46.